The number of nitrogens with zero attached hydrogens (tertiary/aromatic N) is 1. The number of ether oxygens (including phenoxy) is 3. The number of hydrogen-bond acceptors (Lipinski definition) is 4. The molecule has 1 saturated heterocycles. The first-order valence-electron chi connectivity index (χ1n) is 8.76. The molecule has 1 atom stereocenters. The molecule has 1 aliphatic heterocycles. The van der Waals surface area contributed by atoms with Crippen molar-refractivity contribution in [2.24, 2.45) is 0 Å². The molecule has 0 radical (unpaired) electrons. The standard InChI is InChI=1S/C20H25NO4/c1-3-24-10-8-20(22)21-9-11-25-19(14-21)17-5-4-16-13-18(23-2)7-6-15(16)12-17/h4-7,12-13,19H,3,8-11,14H2,1-2H3/t19-/m0/s1. The van der Waals surface area contributed by atoms with Gasteiger partial charge in [0.05, 0.1) is 33.3 Å². The monoisotopic (exact) mass is 343 g/mol. The van der Waals surface area contributed by atoms with Crippen molar-refractivity contribution in [1.29, 1.82) is 0 Å². The number of rotatable bonds is 6. The van der Waals surface area contributed by atoms with Crippen molar-refractivity contribution in [2.75, 3.05) is 40.0 Å². The molecule has 0 unspecified atom stereocenters. The van der Waals surface area contributed by atoms with E-state index < -0.39 is 0 Å². The summed E-state index contributed by atoms with van der Waals surface area (Å²) in [5, 5.41) is 2.27. The van der Waals surface area contributed by atoms with Crippen LogP contribution in [0.4, 0.5) is 0 Å². The Kier molecular flexibility index (Phi) is 5.89. The van der Waals surface area contributed by atoms with Crippen LogP contribution in [0.15, 0.2) is 36.4 Å². The molecule has 134 valence electrons. The van der Waals surface area contributed by atoms with E-state index in [1.54, 1.807) is 7.11 Å². The summed E-state index contributed by atoms with van der Waals surface area (Å²) < 4.78 is 16.5. The van der Waals surface area contributed by atoms with E-state index in [1.165, 1.54) is 0 Å². The smallest absolute Gasteiger partial charge is 0.225 e. The SMILES string of the molecule is CCOCCC(=O)N1CCO[C@H](c2ccc3cc(OC)ccc3c2)C1. The van der Waals surface area contributed by atoms with Crippen LogP contribution in [-0.4, -0.2) is 50.8 Å². The molecule has 5 nitrogen and oxygen atoms in total. The molecular weight excluding hydrogens is 318 g/mol. The van der Waals surface area contributed by atoms with Crippen LogP contribution < -0.4 is 4.74 Å². The fraction of sp³-hybridized carbons (Fsp3) is 0.450. The van der Waals surface area contributed by atoms with E-state index in [2.05, 4.69) is 18.2 Å². The zero-order valence-corrected chi connectivity index (χ0v) is 14.9. The molecule has 0 N–H and O–H groups in total. The van der Waals surface area contributed by atoms with E-state index in [9.17, 15) is 4.79 Å². The maximum Gasteiger partial charge on any atom is 0.225 e. The van der Waals surface area contributed by atoms with Gasteiger partial charge < -0.3 is 19.1 Å². The number of amides is 1. The lowest BCUT2D eigenvalue weighted by molar-refractivity contribution is -0.140. The summed E-state index contributed by atoms with van der Waals surface area (Å²) in [6.07, 6.45) is 0.342. The topological polar surface area (TPSA) is 48.0 Å². The molecule has 3 rings (SSSR count). The third kappa shape index (κ3) is 4.30. The predicted molar refractivity (Wildman–Crippen MR) is 96.9 cm³/mol. The van der Waals surface area contributed by atoms with E-state index in [1.807, 2.05) is 30.0 Å². The molecule has 0 saturated carbocycles. The van der Waals surface area contributed by atoms with Gasteiger partial charge in [0.15, 0.2) is 0 Å². The number of carbonyl (C=O) groups is 1. The highest BCUT2D eigenvalue weighted by molar-refractivity contribution is 5.84. The molecule has 25 heavy (non-hydrogen) atoms. The van der Waals surface area contributed by atoms with Crippen LogP contribution in [0.2, 0.25) is 0 Å². The van der Waals surface area contributed by atoms with Crippen LogP contribution in [0.25, 0.3) is 10.8 Å². The van der Waals surface area contributed by atoms with E-state index in [4.69, 9.17) is 14.2 Å². The van der Waals surface area contributed by atoms with Crippen molar-refractivity contribution in [3.05, 3.63) is 42.0 Å². The van der Waals surface area contributed by atoms with Gasteiger partial charge in [0.2, 0.25) is 5.91 Å². The van der Waals surface area contributed by atoms with Crippen LogP contribution >= 0.6 is 0 Å². The van der Waals surface area contributed by atoms with Gasteiger partial charge in [-0.05, 0) is 41.5 Å². The van der Waals surface area contributed by atoms with Crippen molar-refractivity contribution in [3.8, 4) is 5.75 Å². The van der Waals surface area contributed by atoms with Gasteiger partial charge in [-0.1, -0.05) is 18.2 Å². The predicted octanol–water partition coefficient (Wildman–Crippen LogP) is 3.17. The number of hydrogen-bond donors (Lipinski definition) is 0. The van der Waals surface area contributed by atoms with Crippen molar-refractivity contribution in [3.63, 3.8) is 0 Å². The summed E-state index contributed by atoms with van der Waals surface area (Å²) in [7, 11) is 1.67. The van der Waals surface area contributed by atoms with Gasteiger partial charge >= 0.3 is 0 Å². The molecule has 1 fully saturated rings. The first kappa shape index (κ1) is 17.7. The average molecular weight is 343 g/mol. The van der Waals surface area contributed by atoms with Gasteiger partial charge in [-0.15, -0.1) is 0 Å². The van der Waals surface area contributed by atoms with Crippen molar-refractivity contribution >= 4 is 16.7 Å². The highest BCUT2D eigenvalue weighted by atomic mass is 16.5. The highest BCUT2D eigenvalue weighted by Gasteiger charge is 2.25. The van der Waals surface area contributed by atoms with E-state index >= 15 is 0 Å². The molecule has 0 bridgehead atoms. The molecule has 1 amide bonds. The van der Waals surface area contributed by atoms with Gasteiger partial charge in [-0.25, -0.2) is 0 Å². The van der Waals surface area contributed by atoms with Crippen LogP contribution in [-0.2, 0) is 14.3 Å². The summed E-state index contributed by atoms with van der Waals surface area (Å²) in [5.74, 6) is 0.979. The minimum atomic E-state index is -0.0868. The van der Waals surface area contributed by atoms with Crippen LogP contribution in [0, 0.1) is 0 Å². The highest BCUT2D eigenvalue weighted by Crippen LogP contribution is 2.28. The Balaban J connectivity index is 1.70. The lowest BCUT2D eigenvalue weighted by atomic mass is 10.0. The third-order valence-corrected chi connectivity index (χ3v) is 4.53. The second kappa shape index (κ2) is 8.32. The van der Waals surface area contributed by atoms with Crippen molar-refractivity contribution in [1.82, 2.24) is 4.90 Å². The van der Waals surface area contributed by atoms with E-state index in [-0.39, 0.29) is 12.0 Å². The molecule has 0 spiro atoms. The van der Waals surface area contributed by atoms with Crippen LogP contribution in [0.3, 0.4) is 0 Å². The van der Waals surface area contributed by atoms with Gasteiger partial charge in [-0.3, -0.25) is 4.79 Å². The molecule has 0 aliphatic carbocycles. The fourth-order valence-electron chi connectivity index (χ4n) is 3.11. The second-order valence-electron chi connectivity index (χ2n) is 6.12. The maximum absolute atomic E-state index is 12.3. The van der Waals surface area contributed by atoms with Gasteiger partial charge in [0, 0.05) is 13.2 Å². The summed E-state index contributed by atoms with van der Waals surface area (Å²) in [6.45, 7) is 4.85. The van der Waals surface area contributed by atoms with Gasteiger partial charge in [0.25, 0.3) is 0 Å². The van der Waals surface area contributed by atoms with E-state index in [0.29, 0.717) is 39.3 Å². The molecule has 2 aromatic rings. The van der Waals surface area contributed by atoms with Gasteiger partial charge in [0.1, 0.15) is 11.9 Å². The maximum atomic E-state index is 12.3. The Bertz CT molecular complexity index is 731. The largest absolute Gasteiger partial charge is 0.497 e. The Labute approximate surface area is 148 Å². The lowest BCUT2D eigenvalue weighted by Crippen LogP contribution is -2.42. The summed E-state index contributed by atoms with van der Waals surface area (Å²) in [4.78, 5) is 14.2. The number of morpholine rings is 1. The number of methoxy groups -OCH3 is 1. The first-order chi connectivity index (χ1) is 12.2. The van der Waals surface area contributed by atoms with Gasteiger partial charge in [-0.2, -0.15) is 0 Å². The average Bonchev–Trinajstić information content (AvgIpc) is 2.67. The number of fused-ring (bicyclic) bond motifs is 1. The Morgan fingerprint density at radius 1 is 1.24 bits per heavy atom. The van der Waals surface area contributed by atoms with Crippen LogP contribution in [0.1, 0.15) is 25.0 Å². The molecule has 5 heteroatoms. The van der Waals surface area contributed by atoms with Crippen molar-refractivity contribution in [2.45, 2.75) is 19.4 Å². The number of carbonyl (C=O) groups excluding carboxylic acids is 1. The minimum Gasteiger partial charge on any atom is -0.497 e. The lowest BCUT2D eigenvalue weighted by Gasteiger charge is -2.33. The minimum absolute atomic E-state index is 0.0868. The van der Waals surface area contributed by atoms with Crippen LogP contribution in [0.5, 0.6) is 5.75 Å². The number of benzene rings is 2. The molecule has 2 aromatic carbocycles. The summed E-state index contributed by atoms with van der Waals surface area (Å²) in [5.41, 5.74) is 1.10. The third-order valence-electron chi connectivity index (χ3n) is 4.53. The quantitative estimate of drug-likeness (QED) is 0.756. The normalized spacial score (nSPS) is 17.7. The molecule has 1 heterocycles. The first-order valence-corrected chi connectivity index (χ1v) is 8.76. The molecular formula is C20H25NO4. The van der Waals surface area contributed by atoms with Crippen molar-refractivity contribution < 1.29 is 19.0 Å². The Morgan fingerprint density at radius 3 is 2.84 bits per heavy atom. The zero-order chi connectivity index (χ0) is 17.6. The van der Waals surface area contributed by atoms with E-state index in [0.717, 1.165) is 22.1 Å². The molecule has 0 aromatic heterocycles. The Morgan fingerprint density at radius 2 is 2.04 bits per heavy atom. The summed E-state index contributed by atoms with van der Waals surface area (Å²) in [6, 6.07) is 12.3. The molecule has 1 aliphatic rings. The zero-order valence-electron chi connectivity index (χ0n) is 14.9. The Hall–Kier alpha value is -2.11. The summed E-state index contributed by atoms with van der Waals surface area (Å²) >= 11 is 0. The second-order valence-corrected chi connectivity index (χ2v) is 6.12. The fourth-order valence-corrected chi connectivity index (χ4v) is 3.11.